The van der Waals surface area contributed by atoms with E-state index in [0.717, 1.165) is 11.8 Å². The molecular weight excluding hydrogens is 216 g/mol. The van der Waals surface area contributed by atoms with Crippen molar-refractivity contribution in [3.63, 3.8) is 0 Å². The SMILES string of the molecule is CCCCCCCC1CCC(C)c2ccccc21. The molecule has 0 nitrogen and oxygen atoms in total. The van der Waals surface area contributed by atoms with Gasteiger partial charge in [0.05, 0.1) is 0 Å². The van der Waals surface area contributed by atoms with Crippen molar-refractivity contribution in [1.82, 2.24) is 0 Å². The zero-order valence-corrected chi connectivity index (χ0v) is 12.1. The average Bonchev–Trinajstić information content (AvgIpc) is 2.41. The molecule has 18 heavy (non-hydrogen) atoms. The van der Waals surface area contributed by atoms with E-state index in [4.69, 9.17) is 0 Å². The van der Waals surface area contributed by atoms with Crippen molar-refractivity contribution >= 4 is 0 Å². The van der Waals surface area contributed by atoms with Gasteiger partial charge in [-0.15, -0.1) is 0 Å². The third-order valence-electron chi connectivity index (χ3n) is 4.57. The largest absolute Gasteiger partial charge is 0.0654 e. The minimum Gasteiger partial charge on any atom is -0.0654 e. The summed E-state index contributed by atoms with van der Waals surface area (Å²) in [5.41, 5.74) is 3.29. The van der Waals surface area contributed by atoms with Gasteiger partial charge in [-0.1, -0.05) is 70.2 Å². The quantitative estimate of drug-likeness (QED) is 0.536. The van der Waals surface area contributed by atoms with Crippen LogP contribution < -0.4 is 0 Å². The van der Waals surface area contributed by atoms with Gasteiger partial charge in [-0.2, -0.15) is 0 Å². The second kappa shape index (κ2) is 6.97. The van der Waals surface area contributed by atoms with Crippen LogP contribution in [0.5, 0.6) is 0 Å². The smallest absolute Gasteiger partial charge is 0.0159 e. The molecule has 0 heterocycles. The van der Waals surface area contributed by atoms with Gasteiger partial charge in [0.2, 0.25) is 0 Å². The third-order valence-corrected chi connectivity index (χ3v) is 4.57. The molecule has 0 saturated carbocycles. The fraction of sp³-hybridized carbons (Fsp3) is 0.667. The zero-order chi connectivity index (χ0) is 12.8. The van der Waals surface area contributed by atoms with E-state index in [1.54, 1.807) is 11.1 Å². The topological polar surface area (TPSA) is 0 Å². The van der Waals surface area contributed by atoms with Crippen LogP contribution in [-0.2, 0) is 0 Å². The van der Waals surface area contributed by atoms with Crippen molar-refractivity contribution in [2.24, 2.45) is 0 Å². The van der Waals surface area contributed by atoms with Crippen molar-refractivity contribution in [3.8, 4) is 0 Å². The molecule has 2 rings (SSSR count). The van der Waals surface area contributed by atoms with Crippen molar-refractivity contribution in [2.45, 2.75) is 77.0 Å². The van der Waals surface area contributed by atoms with Crippen LogP contribution in [0.4, 0.5) is 0 Å². The minimum atomic E-state index is 0.776. The van der Waals surface area contributed by atoms with Crippen molar-refractivity contribution < 1.29 is 0 Å². The Hall–Kier alpha value is -0.780. The van der Waals surface area contributed by atoms with Gasteiger partial charge in [-0.05, 0) is 42.2 Å². The number of rotatable bonds is 6. The number of unbranched alkanes of at least 4 members (excludes halogenated alkanes) is 4. The maximum absolute atomic E-state index is 2.39. The van der Waals surface area contributed by atoms with Crippen LogP contribution in [0, 0.1) is 0 Å². The van der Waals surface area contributed by atoms with Gasteiger partial charge in [0, 0.05) is 0 Å². The van der Waals surface area contributed by atoms with E-state index in [-0.39, 0.29) is 0 Å². The summed E-state index contributed by atoms with van der Waals surface area (Å²) >= 11 is 0. The van der Waals surface area contributed by atoms with Crippen LogP contribution in [0.25, 0.3) is 0 Å². The van der Waals surface area contributed by atoms with Gasteiger partial charge in [0.15, 0.2) is 0 Å². The molecule has 2 unspecified atom stereocenters. The second-order valence-electron chi connectivity index (χ2n) is 6.01. The van der Waals surface area contributed by atoms with Gasteiger partial charge in [-0.3, -0.25) is 0 Å². The highest BCUT2D eigenvalue weighted by molar-refractivity contribution is 5.35. The fourth-order valence-electron chi connectivity index (χ4n) is 3.39. The molecule has 0 aromatic heterocycles. The maximum Gasteiger partial charge on any atom is -0.0159 e. The molecular formula is C18H28. The molecule has 100 valence electrons. The van der Waals surface area contributed by atoms with E-state index in [9.17, 15) is 0 Å². The van der Waals surface area contributed by atoms with Crippen LogP contribution in [0.1, 0.15) is 88.2 Å². The van der Waals surface area contributed by atoms with Crippen molar-refractivity contribution in [1.29, 1.82) is 0 Å². The van der Waals surface area contributed by atoms with E-state index < -0.39 is 0 Å². The molecule has 0 bridgehead atoms. The fourth-order valence-corrected chi connectivity index (χ4v) is 3.39. The van der Waals surface area contributed by atoms with Crippen LogP contribution >= 0.6 is 0 Å². The molecule has 0 radical (unpaired) electrons. The molecule has 0 saturated heterocycles. The summed E-state index contributed by atoms with van der Waals surface area (Å²) in [6, 6.07) is 9.16. The first-order valence-corrected chi connectivity index (χ1v) is 7.91. The number of hydrogen-bond acceptors (Lipinski definition) is 0. The predicted molar refractivity (Wildman–Crippen MR) is 80.2 cm³/mol. The number of hydrogen-bond donors (Lipinski definition) is 0. The Morgan fingerprint density at radius 3 is 2.44 bits per heavy atom. The molecule has 1 aromatic rings. The molecule has 0 amide bonds. The molecule has 1 aliphatic rings. The summed E-state index contributed by atoms with van der Waals surface area (Å²) in [5.74, 6) is 1.62. The molecule has 1 aliphatic carbocycles. The standard InChI is InChI=1S/C18H28/c1-3-4-5-6-7-10-16-14-13-15(2)17-11-8-9-12-18(16)17/h8-9,11-12,15-16H,3-7,10,13-14H2,1-2H3. The molecule has 1 aromatic carbocycles. The summed E-state index contributed by atoms with van der Waals surface area (Å²) in [4.78, 5) is 0. The van der Waals surface area contributed by atoms with Gasteiger partial charge in [-0.25, -0.2) is 0 Å². The lowest BCUT2D eigenvalue weighted by molar-refractivity contribution is 0.457. The number of benzene rings is 1. The Morgan fingerprint density at radius 2 is 1.67 bits per heavy atom. The van der Waals surface area contributed by atoms with Gasteiger partial charge in [0.1, 0.15) is 0 Å². The van der Waals surface area contributed by atoms with Crippen LogP contribution in [0.2, 0.25) is 0 Å². The van der Waals surface area contributed by atoms with E-state index in [2.05, 4.69) is 38.1 Å². The third kappa shape index (κ3) is 3.37. The van der Waals surface area contributed by atoms with E-state index in [1.165, 1.54) is 51.4 Å². The summed E-state index contributed by atoms with van der Waals surface area (Å²) in [6.07, 6.45) is 11.3. The number of fused-ring (bicyclic) bond motifs is 1. The summed E-state index contributed by atoms with van der Waals surface area (Å²) in [5, 5.41) is 0. The van der Waals surface area contributed by atoms with E-state index in [0.29, 0.717) is 0 Å². The highest BCUT2D eigenvalue weighted by Crippen LogP contribution is 2.40. The minimum absolute atomic E-state index is 0.776. The Kier molecular flexibility index (Phi) is 5.28. The van der Waals surface area contributed by atoms with Crippen LogP contribution in [-0.4, -0.2) is 0 Å². The molecule has 0 fully saturated rings. The van der Waals surface area contributed by atoms with Crippen LogP contribution in [0.3, 0.4) is 0 Å². The molecule has 0 spiro atoms. The zero-order valence-electron chi connectivity index (χ0n) is 12.1. The summed E-state index contributed by atoms with van der Waals surface area (Å²) in [7, 11) is 0. The first kappa shape index (κ1) is 13.6. The highest BCUT2D eigenvalue weighted by atomic mass is 14.3. The molecule has 0 aliphatic heterocycles. The molecule has 0 N–H and O–H groups in total. The predicted octanol–water partition coefficient (Wildman–Crippen LogP) is 6.03. The lowest BCUT2D eigenvalue weighted by Gasteiger charge is -2.29. The van der Waals surface area contributed by atoms with Gasteiger partial charge in [0.25, 0.3) is 0 Å². The Morgan fingerprint density at radius 1 is 0.944 bits per heavy atom. The average molecular weight is 244 g/mol. The highest BCUT2D eigenvalue weighted by Gasteiger charge is 2.23. The first-order chi connectivity index (χ1) is 8.83. The normalized spacial score (nSPS) is 22.8. The van der Waals surface area contributed by atoms with Gasteiger partial charge >= 0.3 is 0 Å². The first-order valence-electron chi connectivity index (χ1n) is 7.91. The van der Waals surface area contributed by atoms with Crippen molar-refractivity contribution in [3.05, 3.63) is 35.4 Å². The monoisotopic (exact) mass is 244 g/mol. The molecule has 0 heteroatoms. The second-order valence-corrected chi connectivity index (χ2v) is 6.01. The Bertz CT molecular complexity index is 353. The molecule has 2 atom stereocenters. The van der Waals surface area contributed by atoms with E-state index in [1.807, 2.05) is 0 Å². The lowest BCUT2D eigenvalue weighted by atomic mass is 9.75. The lowest BCUT2D eigenvalue weighted by Crippen LogP contribution is -2.12. The van der Waals surface area contributed by atoms with Crippen LogP contribution in [0.15, 0.2) is 24.3 Å². The summed E-state index contributed by atoms with van der Waals surface area (Å²) in [6.45, 7) is 4.68. The maximum atomic E-state index is 2.39. The Balaban J connectivity index is 1.89. The van der Waals surface area contributed by atoms with E-state index >= 15 is 0 Å². The van der Waals surface area contributed by atoms with Crippen molar-refractivity contribution in [2.75, 3.05) is 0 Å². The Labute approximate surface area is 113 Å². The summed E-state index contributed by atoms with van der Waals surface area (Å²) < 4.78 is 0. The van der Waals surface area contributed by atoms with Gasteiger partial charge < -0.3 is 0 Å².